The van der Waals surface area contributed by atoms with Crippen LogP contribution in [0, 0.1) is 0 Å². The van der Waals surface area contributed by atoms with Crippen LogP contribution in [-0.2, 0) is 14.3 Å². The molecule has 0 aliphatic heterocycles. The molecule has 1 aromatic rings. The van der Waals surface area contributed by atoms with Gasteiger partial charge in [0.25, 0.3) is 0 Å². The van der Waals surface area contributed by atoms with E-state index in [1.54, 1.807) is 36.9 Å². The molecule has 2 rings (SSSR count). The van der Waals surface area contributed by atoms with Crippen LogP contribution in [0.25, 0.3) is 0 Å². The van der Waals surface area contributed by atoms with Crippen molar-refractivity contribution in [2.75, 3.05) is 32.3 Å². The van der Waals surface area contributed by atoms with Gasteiger partial charge in [-0.15, -0.1) is 0 Å². The maximum absolute atomic E-state index is 12.9. The van der Waals surface area contributed by atoms with Gasteiger partial charge in [-0.25, -0.2) is 4.79 Å². The van der Waals surface area contributed by atoms with Crippen molar-refractivity contribution in [3.63, 3.8) is 0 Å². The highest BCUT2D eigenvalue weighted by Gasteiger charge is 2.32. The number of rotatable bonds is 10. The molecule has 1 aromatic carbocycles. The van der Waals surface area contributed by atoms with Crippen molar-refractivity contribution in [1.82, 2.24) is 10.6 Å². The van der Waals surface area contributed by atoms with E-state index in [0.29, 0.717) is 29.1 Å². The summed E-state index contributed by atoms with van der Waals surface area (Å²) in [6.07, 6.45) is 2.37. The summed E-state index contributed by atoms with van der Waals surface area (Å²) in [5.41, 5.74) is 0.982. The van der Waals surface area contributed by atoms with Gasteiger partial charge >= 0.3 is 5.97 Å². The molecule has 1 amide bonds. The Bertz CT molecular complexity index is 880. The number of ketones is 2. The normalized spacial score (nSPS) is 14.1. The van der Waals surface area contributed by atoms with Crippen LogP contribution in [0.3, 0.4) is 0 Å². The fourth-order valence-corrected chi connectivity index (χ4v) is 3.58. The van der Waals surface area contributed by atoms with Gasteiger partial charge < -0.3 is 20.1 Å². The second kappa shape index (κ2) is 10.8. The van der Waals surface area contributed by atoms with Crippen LogP contribution in [0.4, 0.5) is 0 Å². The van der Waals surface area contributed by atoms with Crippen molar-refractivity contribution in [2.24, 2.45) is 0 Å². The third-order valence-corrected chi connectivity index (χ3v) is 5.23. The van der Waals surface area contributed by atoms with Crippen LogP contribution in [0.1, 0.15) is 41.0 Å². The Kier molecular flexibility index (Phi) is 8.46. The molecule has 9 heteroatoms. The van der Waals surface area contributed by atoms with Crippen LogP contribution >= 0.6 is 11.8 Å². The Labute approximate surface area is 179 Å². The van der Waals surface area contributed by atoms with Crippen LogP contribution in [0.5, 0.6) is 5.75 Å². The van der Waals surface area contributed by atoms with Gasteiger partial charge in [0.2, 0.25) is 11.7 Å². The molecule has 30 heavy (non-hydrogen) atoms. The van der Waals surface area contributed by atoms with E-state index in [1.165, 1.54) is 14.0 Å². The van der Waals surface area contributed by atoms with Crippen LogP contribution < -0.4 is 15.4 Å². The minimum atomic E-state index is -0.718. The molecule has 1 aliphatic carbocycles. The van der Waals surface area contributed by atoms with Crippen molar-refractivity contribution in [1.29, 1.82) is 0 Å². The van der Waals surface area contributed by atoms with Gasteiger partial charge in [-0.05, 0) is 31.4 Å². The zero-order valence-electron chi connectivity index (χ0n) is 17.5. The Balaban J connectivity index is 2.01. The first-order valence-electron chi connectivity index (χ1n) is 9.45. The van der Waals surface area contributed by atoms with Crippen molar-refractivity contribution in [3.8, 4) is 5.75 Å². The highest BCUT2D eigenvalue weighted by atomic mass is 32.2. The summed E-state index contributed by atoms with van der Waals surface area (Å²) in [7, 11) is 1.44. The molecule has 0 saturated heterocycles. The predicted molar refractivity (Wildman–Crippen MR) is 114 cm³/mol. The molecule has 0 fully saturated rings. The van der Waals surface area contributed by atoms with Gasteiger partial charge in [0.1, 0.15) is 18.4 Å². The third kappa shape index (κ3) is 5.41. The smallest absolute Gasteiger partial charge is 0.328 e. The SMILES string of the molecule is COc1cccc2c1C(=O)C(NCCOC(=O)[C@H](CCSC)NC(C)=O)=C(C)C2=O. The maximum Gasteiger partial charge on any atom is 0.328 e. The van der Waals surface area contributed by atoms with Crippen LogP contribution in [0.15, 0.2) is 29.5 Å². The Morgan fingerprint density at radius 3 is 2.57 bits per heavy atom. The topological polar surface area (TPSA) is 111 Å². The molecule has 0 unspecified atom stereocenters. The molecule has 0 heterocycles. The summed E-state index contributed by atoms with van der Waals surface area (Å²) in [5, 5.41) is 5.49. The summed E-state index contributed by atoms with van der Waals surface area (Å²) in [6, 6.07) is 4.17. The van der Waals surface area contributed by atoms with E-state index in [0.717, 1.165) is 0 Å². The van der Waals surface area contributed by atoms with Gasteiger partial charge in [-0.3, -0.25) is 14.4 Å². The quantitative estimate of drug-likeness (QED) is 0.423. The number of allylic oxidation sites excluding steroid dienone is 2. The predicted octanol–water partition coefficient (Wildman–Crippen LogP) is 1.74. The van der Waals surface area contributed by atoms with E-state index in [-0.39, 0.29) is 41.9 Å². The van der Waals surface area contributed by atoms with Gasteiger partial charge in [-0.2, -0.15) is 11.8 Å². The molecule has 0 radical (unpaired) electrons. The lowest BCUT2D eigenvalue weighted by Gasteiger charge is -2.22. The number of amides is 1. The molecule has 1 aliphatic rings. The summed E-state index contributed by atoms with van der Waals surface area (Å²) in [6.45, 7) is 3.03. The number of hydrogen-bond acceptors (Lipinski definition) is 8. The number of hydrogen-bond donors (Lipinski definition) is 2. The van der Waals surface area contributed by atoms with Gasteiger partial charge in [0.15, 0.2) is 5.78 Å². The highest BCUT2D eigenvalue weighted by Crippen LogP contribution is 2.31. The van der Waals surface area contributed by atoms with E-state index in [4.69, 9.17) is 9.47 Å². The molecule has 0 bridgehead atoms. The number of methoxy groups -OCH3 is 1. The number of carbonyl (C=O) groups excluding carboxylic acids is 4. The molecular formula is C21H26N2O6S. The zero-order valence-corrected chi connectivity index (χ0v) is 18.3. The largest absolute Gasteiger partial charge is 0.496 e. The van der Waals surface area contributed by atoms with E-state index in [2.05, 4.69) is 10.6 Å². The van der Waals surface area contributed by atoms with E-state index < -0.39 is 12.0 Å². The fraction of sp³-hybridized carbons (Fsp3) is 0.429. The lowest BCUT2D eigenvalue weighted by Crippen LogP contribution is -2.42. The van der Waals surface area contributed by atoms with E-state index >= 15 is 0 Å². The maximum atomic E-state index is 12.9. The zero-order chi connectivity index (χ0) is 22.3. The molecule has 0 spiro atoms. The fourth-order valence-electron chi connectivity index (χ4n) is 3.11. The van der Waals surface area contributed by atoms with Gasteiger partial charge in [0.05, 0.1) is 18.4 Å². The van der Waals surface area contributed by atoms with Crippen molar-refractivity contribution >= 4 is 35.2 Å². The number of ether oxygens (including phenoxy) is 2. The first-order chi connectivity index (χ1) is 14.3. The van der Waals surface area contributed by atoms with Crippen molar-refractivity contribution < 1.29 is 28.7 Å². The first-order valence-corrected chi connectivity index (χ1v) is 10.8. The van der Waals surface area contributed by atoms with E-state index in [9.17, 15) is 19.2 Å². The highest BCUT2D eigenvalue weighted by molar-refractivity contribution is 7.98. The summed E-state index contributed by atoms with van der Waals surface area (Å²) in [5.74, 6) is -0.424. The Morgan fingerprint density at radius 2 is 1.93 bits per heavy atom. The summed E-state index contributed by atoms with van der Waals surface area (Å²) in [4.78, 5) is 49.1. The average Bonchev–Trinajstić information content (AvgIpc) is 2.73. The molecule has 0 aromatic heterocycles. The molecule has 8 nitrogen and oxygen atoms in total. The van der Waals surface area contributed by atoms with Crippen molar-refractivity contribution in [3.05, 3.63) is 40.6 Å². The number of esters is 1. The van der Waals surface area contributed by atoms with Crippen LogP contribution in [-0.4, -0.2) is 61.8 Å². The van der Waals surface area contributed by atoms with Gasteiger partial charge in [0, 0.05) is 24.6 Å². The average molecular weight is 435 g/mol. The summed E-state index contributed by atoms with van der Waals surface area (Å²) >= 11 is 1.56. The summed E-state index contributed by atoms with van der Waals surface area (Å²) < 4.78 is 10.5. The molecule has 1 atom stereocenters. The lowest BCUT2D eigenvalue weighted by molar-refractivity contribution is -0.147. The minimum Gasteiger partial charge on any atom is -0.496 e. The minimum absolute atomic E-state index is 0.0226. The number of fused-ring (bicyclic) bond motifs is 1. The van der Waals surface area contributed by atoms with Crippen molar-refractivity contribution in [2.45, 2.75) is 26.3 Å². The third-order valence-electron chi connectivity index (χ3n) is 4.58. The monoisotopic (exact) mass is 434 g/mol. The number of carbonyl (C=O) groups is 4. The lowest BCUT2D eigenvalue weighted by atomic mass is 9.87. The second-order valence-corrected chi connectivity index (χ2v) is 7.66. The molecule has 0 saturated carbocycles. The van der Waals surface area contributed by atoms with E-state index in [1.807, 2.05) is 6.26 Å². The van der Waals surface area contributed by atoms with Crippen LogP contribution in [0.2, 0.25) is 0 Å². The standard InChI is InChI=1S/C21H26N2O6S/c1-12-18(20(26)17-14(19(12)25)6-5-7-16(17)28-3)22-9-10-29-21(27)15(8-11-30-4)23-13(2)24/h5-7,15,22H,8-11H2,1-4H3,(H,23,24)/t15-/m0/s1. The molecule has 162 valence electrons. The number of nitrogens with one attached hydrogen (secondary N) is 2. The molecular weight excluding hydrogens is 408 g/mol. The Hall–Kier alpha value is -2.81. The number of benzene rings is 1. The number of thioether (sulfide) groups is 1. The second-order valence-electron chi connectivity index (χ2n) is 6.67. The van der Waals surface area contributed by atoms with Gasteiger partial charge in [-0.1, -0.05) is 12.1 Å². The first kappa shape index (κ1) is 23.5. The molecule has 2 N–H and O–H groups in total. The Morgan fingerprint density at radius 1 is 1.20 bits per heavy atom. The number of Topliss-reactive ketones (excluding diaryl/α,β-unsaturated/α-hetero) is 2.